The third-order valence-electron chi connectivity index (χ3n) is 4.09. The molecule has 4 nitrogen and oxygen atoms in total. The molecule has 0 saturated heterocycles. The lowest BCUT2D eigenvalue weighted by molar-refractivity contribution is 0.290. The summed E-state index contributed by atoms with van der Waals surface area (Å²) in [5, 5.41) is -0.0847. The van der Waals surface area contributed by atoms with Crippen LogP contribution in [-0.2, 0) is 10.0 Å². The van der Waals surface area contributed by atoms with Crippen molar-refractivity contribution in [2.45, 2.75) is 69.1 Å². The van der Waals surface area contributed by atoms with Gasteiger partial charge in [-0.2, -0.15) is 4.31 Å². The maximum Gasteiger partial charge on any atom is 0.217 e. The molecule has 0 aromatic carbocycles. The summed E-state index contributed by atoms with van der Waals surface area (Å²) >= 11 is 0. The first-order chi connectivity index (χ1) is 8.66. The van der Waals surface area contributed by atoms with Crippen molar-refractivity contribution in [1.82, 2.24) is 4.31 Å². The van der Waals surface area contributed by atoms with Crippen molar-refractivity contribution in [1.29, 1.82) is 0 Å². The first kappa shape index (κ1) is 14.3. The van der Waals surface area contributed by atoms with Gasteiger partial charge in [-0.1, -0.05) is 25.7 Å². The van der Waals surface area contributed by atoms with E-state index in [1.165, 1.54) is 25.7 Å². The molecule has 106 valence electrons. The Morgan fingerprint density at radius 2 is 1.61 bits per heavy atom. The fourth-order valence-corrected chi connectivity index (χ4v) is 4.99. The van der Waals surface area contributed by atoms with E-state index in [0.29, 0.717) is 13.1 Å². The lowest BCUT2D eigenvalue weighted by Crippen LogP contribution is -2.43. The van der Waals surface area contributed by atoms with Crippen molar-refractivity contribution in [3.05, 3.63) is 0 Å². The fourth-order valence-electron chi connectivity index (χ4n) is 2.87. The minimum absolute atomic E-state index is 0.0847. The Bertz CT molecular complexity index is 344. The molecule has 0 heterocycles. The molecule has 0 spiro atoms. The second-order valence-corrected chi connectivity index (χ2v) is 7.81. The number of sulfonamides is 1. The molecule has 2 rings (SSSR count). The van der Waals surface area contributed by atoms with Gasteiger partial charge in [0.25, 0.3) is 0 Å². The summed E-state index contributed by atoms with van der Waals surface area (Å²) < 4.78 is 26.8. The van der Waals surface area contributed by atoms with Crippen LogP contribution in [0.4, 0.5) is 0 Å². The number of nitrogens with zero attached hydrogens (tertiary/aromatic N) is 1. The second kappa shape index (κ2) is 6.35. The van der Waals surface area contributed by atoms with Gasteiger partial charge in [-0.3, -0.25) is 0 Å². The predicted molar refractivity (Wildman–Crippen MR) is 73.8 cm³/mol. The Kier molecular flexibility index (Phi) is 5.04. The minimum Gasteiger partial charge on any atom is -0.330 e. The van der Waals surface area contributed by atoms with E-state index in [-0.39, 0.29) is 11.3 Å². The summed E-state index contributed by atoms with van der Waals surface area (Å²) in [6, 6.07) is 0.240. The van der Waals surface area contributed by atoms with Gasteiger partial charge in [0.05, 0.1) is 5.25 Å². The molecule has 5 heteroatoms. The predicted octanol–water partition coefficient (Wildman–Crippen LogP) is 1.85. The molecular weight excluding hydrogens is 248 g/mol. The molecule has 2 saturated carbocycles. The largest absolute Gasteiger partial charge is 0.330 e. The summed E-state index contributed by atoms with van der Waals surface area (Å²) in [7, 11) is -3.04. The molecule has 0 radical (unpaired) electrons. The van der Waals surface area contributed by atoms with Crippen LogP contribution in [0.1, 0.15) is 57.8 Å². The first-order valence-electron chi connectivity index (χ1n) is 7.37. The van der Waals surface area contributed by atoms with Crippen LogP contribution in [0.15, 0.2) is 0 Å². The summed E-state index contributed by atoms with van der Waals surface area (Å²) in [6.07, 6.45) is 9.42. The molecule has 0 aromatic heterocycles. The van der Waals surface area contributed by atoms with E-state index in [0.717, 1.165) is 32.1 Å². The number of hydrogen-bond acceptors (Lipinski definition) is 3. The van der Waals surface area contributed by atoms with E-state index in [1.807, 2.05) is 4.31 Å². The Hall–Kier alpha value is -0.130. The Morgan fingerprint density at radius 1 is 1.00 bits per heavy atom. The van der Waals surface area contributed by atoms with Gasteiger partial charge >= 0.3 is 0 Å². The highest BCUT2D eigenvalue weighted by atomic mass is 32.2. The van der Waals surface area contributed by atoms with Crippen LogP contribution in [-0.4, -0.2) is 37.1 Å². The van der Waals surface area contributed by atoms with Crippen molar-refractivity contribution in [2.75, 3.05) is 13.1 Å². The highest BCUT2D eigenvalue weighted by Gasteiger charge is 2.42. The lowest BCUT2D eigenvalue weighted by atomic mass is 10.1. The quantitative estimate of drug-likeness (QED) is 0.752. The van der Waals surface area contributed by atoms with Gasteiger partial charge in [-0.05, 0) is 38.6 Å². The van der Waals surface area contributed by atoms with Gasteiger partial charge in [0, 0.05) is 12.6 Å². The second-order valence-electron chi connectivity index (χ2n) is 5.64. The van der Waals surface area contributed by atoms with Gasteiger partial charge < -0.3 is 5.73 Å². The molecule has 0 bridgehead atoms. The maximum atomic E-state index is 12.5. The number of hydrogen-bond donors (Lipinski definition) is 1. The molecule has 2 aliphatic rings. The smallest absolute Gasteiger partial charge is 0.217 e. The van der Waals surface area contributed by atoms with Crippen LogP contribution in [0.3, 0.4) is 0 Å². The van der Waals surface area contributed by atoms with Gasteiger partial charge in [0.2, 0.25) is 10.0 Å². The third kappa shape index (κ3) is 3.45. The summed E-state index contributed by atoms with van der Waals surface area (Å²) in [6.45, 7) is 1.20. The van der Waals surface area contributed by atoms with Crippen molar-refractivity contribution < 1.29 is 8.42 Å². The first-order valence-corrected chi connectivity index (χ1v) is 8.87. The Morgan fingerprint density at radius 3 is 2.11 bits per heavy atom. The van der Waals surface area contributed by atoms with Crippen molar-refractivity contribution >= 4 is 10.0 Å². The van der Waals surface area contributed by atoms with Crippen LogP contribution in [0.2, 0.25) is 0 Å². The third-order valence-corrected chi connectivity index (χ3v) is 6.54. The van der Waals surface area contributed by atoms with Crippen LogP contribution in [0.5, 0.6) is 0 Å². The molecule has 0 amide bonds. The fraction of sp³-hybridized carbons (Fsp3) is 1.00. The summed E-state index contributed by atoms with van der Waals surface area (Å²) in [4.78, 5) is 0. The normalized spacial score (nSPS) is 23.2. The van der Waals surface area contributed by atoms with Crippen molar-refractivity contribution in [3.8, 4) is 0 Å². The summed E-state index contributed by atoms with van der Waals surface area (Å²) in [5.74, 6) is 0. The molecule has 0 aromatic rings. The average Bonchev–Trinajstić information content (AvgIpc) is 3.17. The molecular formula is C13H26N2O2S. The monoisotopic (exact) mass is 274 g/mol. The van der Waals surface area contributed by atoms with E-state index < -0.39 is 10.0 Å². The van der Waals surface area contributed by atoms with Crippen LogP contribution in [0, 0.1) is 0 Å². The van der Waals surface area contributed by atoms with E-state index in [1.54, 1.807) is 0 Å². The lowest BCUT2D eigenvalue weighted by Gasteiger charge is -2.30. The number of nitrogens with two attached hydrogens (primary N) is 1. The van der Waals surface area contributed by atoms with Crippen molar-refractivity contribution in [3.63, 3.8) is 0 Å². The standard InChI is InChI=1S/C13H26N2O2S/c14-10-5-11-15(18(16,17)13-8-9-13)12-6-3-1-2-4-7-12/h12-13H,1-11,14H2. The molecule has 0 atom stereocenters. The molecule has 2 fully saturated rings. The molecule has 0 aliphatic heterocycles. The van der Waals surface area contributed by atoms with Gasteiger partial charge in [0.1, 0.15) is 0 Å². The Labute approximate surface area is 111 Å². The van der Waals surface area contributed by atoms with Gasteiger partial charge in [0.15, 0.2) is 0 Å². The Balaban J connectivity index is 2.07. The van der Waals surface area contributed by atoms with Crippen LogP contribution in [0.25, 0.3) is 0 Å². The molecule has 2 N–H and O–H groups in total. The van der Waals surface area contributed by atoms with E-state index in [4.69, 9.17) is 5.73 Å². The molecule has 18 heavy (non-hydrogen) atoms. The minimum atomic E-state index is -3.04. The van der Waals surface area contributed by atoms with Crippen LogP contribution < -0.4 is 5.73 Å². The van der Waals surface area contributed by atoms with Crippen molar-refractivity contribution in [2.24, 2.45) is 5.73 Å². The van der Waals surface area contributed by atoms with Gasteiger partial charge in [-0.25, -0.2) is 8.42 Å². The molecule has 2 aliphatic carbocycles. The zero-order chi connectivity index (χ0) is 13.0. The molecule has 0 unspecified atom stereocenters. The maximum absolute atomic E-state index is 12.5. The SMILES string of the molecule is NCCCN(C1CCCCCC1)S(=O)(=O)C1CC1. The number of rotatable bonds is 6. The van der Waals surface area contributed by atoms with E-state index in [2.05, 4.69) is 0 Å². The van der Waals surface area contributed by atoms with Crippen LogP contribution >= 0.6 is 0 Å². The van der Waals surface area contributed by atoms with Gasteiger partial charge in [-0.15, -0.1) is 0 Å². The van der Waals surface area contributed by atoms with E-state index in [9.17, 15) is 8.42 Å². The zero-order valence-electron chi connectivity index (χ0n) is 11.2. The van der Waals surface area contributed by atoms with E-state index >= 15 is 0 Å². The zero-order valence-corrected chi connectivity index (χ0v) is 12.0. The average molecular weight is 274 g/mol. The topological polar surface area (TPSA) is 63.4 Å². The summed E-state index contributed by atoms with van der Waals surface area (Å²) in [5.41, 5.74) is 5.55. The highest BCUT2D eigenvalue weighted by Crippen LogP contribution is 2.34. The highest BCUT2D eigenvalue weighted by molar-refractivity contribution is 7.90.